The van der Waals surface area contributed by atoms with Gasteiger partial charge in [-0.1, -0.05) is 54.1 Å². The zero-order chi connectivity index (χ0) is 63.4. The lowest BCUT2D eigenvalue weighted by molar-refractivity contribution is -0.137. The molecule has 0 spiro atoms. The van der Waals surface area contributed by atoms with Crippen molar-refractivity contribution in [3.8, 4) is 28.2 Å². The summed E-state index contributed by atoms with van der Waals surface area (Å²) in [6, 6.07) is 30.9. The van der Waals surface area contributed by atoms with Crippen LogP contribution >= 0.6 is 12.2 Å². The van der Waals surface area contributed by atoms with E-state index in [1.54, 1.807) is 37.3 Å². The molecule has 1 amide bonds. The summed E-state index contributed by atoms with van der Waals surface area (Å²) in [5.74, 6) is 0.367. The van der Waals surface area contributed by atoms with E-state index in [1.165, 1.54) is 12.1 Å². The first-order valence-electron chi connectivity index (χ1n) is 30.5. The molecule has 4 N–H and O–H groups in total. The molecule has 0 aromatic heterocycles. The minimum Gasteiger partial charge on any atom is -0.508 e. The van der Waals surface area contributed by atoms with Crippen LogP contribution in [0.15, 0.2) is 118 Å². The number of nitrogens with zero attached hydrogens (tertiary/aromatic N) is 1. The molecule has 24 heteroatoms. The monoisotopic (exact) mass is 1280 g/mol. The Morgan fingerprint density at radius 3 is 1.68 bits per heavy atom. The van der Waals surface area contributed by atoms with Crippen LogP contribution in [-0.4, -0.2) is 199 Å². The van der Waals surface area contributed by atoms with Crippen LogP contribution < -0.4 is 21.4 Å². The van der Waals surface area contributed by atoms with Crippen molar-refractivity contribution in [3.05, 3.63) is 142 Å². The Bertz CT molecular complexity index is 3040. The number of benzene rings is 5. The number of halogens is 3. The molecular formula is C66H85F3N4O16S. The van der Waals surface area contributed by atoms with Gasteiger partial charge in [-0.25, -0.2) is 0 Å². The molecule has 20 nitrogen and oxygen atoms in total. The Morgan fingerprint density at radius 1 is 0.622 bits per heavy atom. The van der Waals surface area contributed by atoms with E-state index in [0.717, 1.165) is 51.9 Å². The number of aryl methyl sites for hydroxylation is 1. The minimum atomic E-state index is -4.44. The fourth-order valence-corrected chi connectivity index (χ4v) is 10.1. The van der Waals surface area contributed by atoms with Crippen LogP contribution in [0, 0.1) is 6.92 Å². The van der Waals surface area contributed by atoms with Gasteiger partial charge in [-0.05, 0) is 104 Å². The van der Waals surface area contributed by atoms with Crippen molar-refractivity contribution in [2.45, 2.75) is 44.7 Å². The Hall–Kier alpha value is -6.20. The van der Waals surface area contributed by atoms with E-state index < -0.39 is 11.7 Å². The van der Waals surface area contributed by atoms with Gasteiger partial charge in [-0.3, -0.25) is 14.5 Å². The number of ether oxygens (including phenoxy) is 12. The minimum absolute atomic E-state index is 0.0337. The molecule has 2 unspecified atom stereocenters. The molecule has 90 heavy (non-hydrogen) atoms. The molecule has 3 aliphatic rings. The molecule has 2 aliphatic heterocycles. The van der Waals surface area contributed by atoms with Gasteiger partial charge in [0.15, 0.2) is 10.5 Å². The first kappa shape index (κ1) is 71.2. The number of phenolic OH excluding ortho intramolecular Hbond substituents is 1. The van der Waals surface area contributed by atoms with E-state index >= 15 is 0 Å². The van der Waals surface area contributed by atoms with Crippen LogP contribution in [-0.2, 0) is 74.4 Å². The predicted octanol–water partition coefficient (Wildman–Crippen LogP) is 8.61. The molecule has 0 radical (unpaired) electrons. The largest absolute Gasteiger partial charge is 0.508 e. The van der Waals surface area contributed by atoms with E-state index in [9.17, 15) is 27.9 Å². The number of piperidine rings is 1. The van der Waals surface area contributed by atoms with Crippen molar-refractivity contribution in [1.82, 2.24) is 15.5 Å². The molecular weight excluding hydrogens is 1190 g/mol. The van der Waals surface area contributed by atoms with Crippen LogP contribution in [0.25, 0.3) is 33.4 Å². The molecule has 492 valence electrons. The first-order chi connectivity index (χ1) is 43.9. The maximum atomic E-state index is 13.5. The van der Waals surface area contributed by atoms with Gasteiger partial charge in [-0.15, -0.1) is 0 Å². The Balaban J connectivity index is 0.564. The number of nitrogens with one attached hydrogen (secondary N) is 3. The number of hydrogen-bond acceptors (Lipinski definition) is 18. The lowest BCUT2D eigenvalue weighted by Gasteiger charge is -2.41. The highest BCUT2D eigenvalue weighted by Gasteiger charge is 2.35. The van der Waals surface area contributed by atoms with Crippen LogP contribution in [0.3, 0.4) is 0 Å². The molecule has 2 heterocycles. The Labute approximate surface area is 529 Å². The molecule has 4 aromatic carbocycles. The zero-order valence-electron chi connectivity index (χ0n) is 51.1. The number of likely N-dealkylation sites (tertiary alicyclic amines) is 1. The number of rotatable bonds is 44. The number of anilines is 1. The fourth-order valence-electron chi connectivity index (χ4n) is 9.87. The summed E-state index contributed by atoms with van der Waals surface area (Å²) in [7, 11) is 0. The van der Waals surface area contributed by atoms with Gasteiger partial charge in [0.25, 0.3) is 0 Å². The summed E-state index contributed by atoms with van der Waals surface area (Å²) >= 11 is 5.47. The summed E-state index contributed by atoms with van der Waals surface area (Å²) in [5, 5.41) is 20.6. The van der Waals surface area contributed by atoms with Gasteiger partial charge in [0.1, 0.15) is 17.1 Å². The predicted molar refractivity (Wildman–Crippen MR) is 337 cm³/mol. The van der Waals surface area contributed by atoms with Gasteiger partial charge < -0.3 is 82.3 Å². The Kier molecular flexibility index (Phi) is 32.1. The summed E-state index contributed by atoms with van der Waals surface area (Å²) in [4.78, 5) is 27.2. The molecule has 2 atom stereocenters. The van der Waals surface area contributed by atoms with E-state index in [2.05, 4.69) is 20.9 Å². The van der Waals surface area contributed by atoms with Crippen molar-refractivity contribution >= 4 is 39.9 Å². The molecule has 1 aliphatic carbocycles. The van der Waals surface area contributed by atoms with Crippen molar-refractivity contribution in [1.29, 1.82) is 0 Å². The van der Waals surface area contributed by atoms with Crippen molar-refractivity contribution in [2.24, 2.45) is 0 Å². The van der Waals surface area contributed by atoms with E-state index in [4.69, 9.17) is 73.5 Å². The van der Waals surface area contributed by atoms with Gasteiger partial charge in [0.2, 0.25) is 5.91 Å². The van der Waals surface area contributed by atoms with Crippen LogP contribution in [0.4, 0.5) is 18.9 Å². The number of fused-ring (bicyclic) bond motifs is 2. The summed E-state index contributed by atoms with van der Waals surface area (Å²) in [6.45, 7) is 12.8. The molecule has 0 saturated carbocycles. The van der Waals surface area contributed by atoms with Crippen molar-refractivity contribution in [2.75, 3.05) is 177 Å². The number of hydrogen-bond donors (Lipinski definition) is 4. The number of amides is 1. The molecule has 7 rings (SSSR count). The summed E-state index contributed by atoms with van der Waals surface area (Å²) < 4.78 is 114. The number of carbonyl (C=O) groups excluding carboxylic acids is 1. The second-order valence-corrected chi connectivity index (χ2v) is 21.3. The quantitative estimate of drug-likeness (QED) is 0.0160. The van der Waals surface area contributed by atoms with Gasteiger partial charge in [0, 0.05) is 47.4 Å². The SMILES string of the molecule is Cc1cc(COC2CCCN(CC(=O)NCCOCCOCCOCCOCCOCCOCCOCCOCCOCCOCCOCCNC(=S)Nc3ccc(-c4c5ccc(=O)cc-5oc5cc(O)ccc45)cc3)C2c2ccccc2)cc(C(F)(F)F)c1. The van der Waals surface area contributed by atoms with E-state index in [1.807, 2.05) is 54.6 Å². The van der Waals surface area contributed by atoms with Gasteiger partial charge >= 0.3 is 6.18 Å². The number of phenols is 1. The highest BCUT2D eigenvalue weighted by Crippen LogP contribution is 2.41. The van der Waals surface area contributed by atoms with E-state index in [-0.39, 0.29) is 42.4 Å². The second kappa shape index (κ2) is 40.6. The standard InChI is InChI=1S/C66H85F3N4O16S/c1-49-42-50(44-53(43-49)66(67,68)69)48-88-59-8-5-19-73(64(59)52-6-3-2-4-7-52)47-62(76)70-17-20-77-22-24-79-26-28-81-30-32-83-34-36-85-38-40-87-41-39-86-37-35-84-33-31-82-29-27-80-25-23-78-21-18-71-65(90)72-54-11-9-51(10-12-54)63-57-15-13-55(74)45-60(57)89-61-46-56(75)14-16-58(61)63/h2-4,6-7,9-16,42-46,59,64,74H,5,8,17-41,47-48H2,1H3,(H,70,76)(H2,71,72,90). The van der Waals surface area contributed by atoms with Crippen molar-refractivity contribution in [3.63, 3.8) is 0 Å². The lowest BCUT2D eigenvalue weighted by atomic mass is 9.92. The third-order valence-electron chi connectivity index (χ3n) is 14.0. The van der Waals surface area contributed by atoms with Crippen LogP contribution in [0.5, 0.6) is 5.75 Å². The van der Waals surface area contributed by atoms with Gasteiger partial charge in [-0.2, -0.15) is 13.2 Å². The molecule has 1 fully saturated rings. The average molecular weight is 1280 g/mol. The topological polar surface area (TPSA) is 218 Å². The number of thiocarbonyl (C=S) groups is 1. The van der Waals surface area contributed by atoms with Crippen LogP contribution in [0.2, 0.25) is 0 Å². The number of carbonyl (C=O) groups is 1. The van der Waals surface area contributed by atoms with Crippen LogP contribution in [0.1, 0.15) is 41.1 Å². The molecule has 4 aromatic rings. The summed E-state index contributed by atoms with van der Waals surface area (Å²) in [6.07, 6.45) is -3.25. The summed E-state index contributed by atoms with van der Waals surface area (Å²) in [5.41, 5.74) is 4.99. The number of aromatic hydroxyl groups is 1. The molecule has 1 saturated heterocycles. The fraction of sp³-hybridized carbons (Fsp3) is 0.500. The zero-order valence-corrected chi connectivity index (χ0v) is 51.9. The number of alkyl halides is 3. The van der Waals surface area contributed by atoms with Crippen molar-refractivity contribution < 1.29 is 84.3 Å². The maximum Gasteiger partial charge on any atom is 0.416 e. The van der Waals surface area contributed by atoms with E-state index in [0.29, 0.717) is 199 Å². The Morgan fingerprint density at radius 2 is 1.14 bits per heavy atom. The molecule has 0 bridgehead atoms. The highest BCUT2D eigenvalue weighted by molar-refractivity contribution is 7.80. The second-order valence-electron chi connectivity index (χ2n) is 20.9. The first-order valence-corrected chi connectivity index (χ1v) is 30.9. The normalized spacial score (nSPS) is 14.6. The third kappa shape index (κ3) is 26.2. The average Bonchev–Trinajstić information content (AvgIpc) is 0.800. The highest BCUT2D eigenvalue weighted by atomic mass is 32.1. The smallest absolute Gasteiger partial charge is 0.416 e. The third-order valence-corrected chi connectivity index (χ3v) is 14.3. The maximum absolute atomic E-state index is 13.5. The lowest BCUT2D eigenvalue weighted by Crippen LogP contribution is -2.47. The van der Waals surface area contributed by atoms with Gasteiger partial charge in [0.05, 0.1) is 176 Å².